The van der Waals surface area contributed by atoms with Crippen molar-refractivity contribution < 1.29 is 19.1 Å². The Labute approximate surface area is 79.6 Å². The summed E-state index contributed by atoms with van der Waals surface area (Å²) in [5.41, 5.74) is 0. The third-order valence-corrected chi connectivity index (χ3v) is 1.79. The fraction of sp³-hybridized carbons (Fsp3) is 0.500. The van der Waals surface area contributed by atoms with Crippen LogP contribution < -0.4 is 0 Å². The van der Waals surface area contributed by atoms with Gasteiger partial charge >= 0.3 is 11.9 Å². The van der Waals surface area contributed by atoms with Gasteiger partial charge in [0.05, 0.1) is 0 Å². The van der Waals surface area contributed by atoms with E-state index in [1.807, 2.05) is 0 Å². The zero-order valence-electron chi connectivity index (χ0n) is 7.36. The highest BCUT2D eigenvalue weighted by molar-refractivity contribution is 5.99. The van der Waals surface area contributed by atoms with Gasteiger partial charge < -0.3 is 9.47 Å². The summed E-state index contributed by atoms with van der Waals surface area (Å²) in [6.07, 6.45) is 0.885. The zero-order valence-corrected chi connectivity index (χ0v) is 7.36. The molecule has 2 heterocycles. The second-order valence-electron chi connectivity index (χ2n) is 2.87. The summed E-state index contributed by atoms with van der Waals surface area (Å²) < 4.78 is 9.53. The average molecular weight is 196 g/mol. The number of nitrogens with zero attached hydrogens (tertiary/aromatic N) is 2. The Morgan fingerprint density at radius 3 is 1.64 bits per heavy atom. The van der Waals surface area contributed by atoms with E-state index in [0.29, 0.717) is 24.6 Å². The van der Waals surface area contributed by atoms with Gasteiger partial charge in [-0.25, -0.2) is 19.6 Å². The fourth-order valence-corrected chi connectivity index (χ4v) is 1.17. The summed E-state index contributed by atoms with van der Waals surface area (Å²) in [5.74, 6) is 0.0945. The second kappa shape index (κ2) is 3.57. The second-order valence-corrected chi connectivity index (χ2v) is 2.87. The number of carbonyl (C=O) groups excluding carboxylic acids is 2. The number of hydrogen-bond donors (Lipinski definition) is 0. The molecule has 0 spiro atoms. The van der Waals surface area contributed by atoms with Gasteiger partial charge in [0, 0.05) is 12.8 Å². The summed E-state index contributed by atoms with van der Waals surface area (Å²) in [4.78, 5) is 29.0. The minimum absolute atomic E-state index is 0.0849. The Bertz CT molecular complexity index is 311. The molecule has 0 saturated carbocycles. The van der Waals surface area contributed by atoms with Gasteiger partial charge in [0.1, 0.15) is 13.1 Å². The van der Waals surface area contributed by atoms with Gasteiger partial charge in [-0.15, -0.1) is 0 Å². The molecule has 0 saturated heterocycles. The van der Waals surface area contributed by atoms with E-state index in [1.165, 1.54) is 0 Å². The van der Waals surface area contributed by atoms with Crippen LogP contribution in [0.5, 0.6) is 0 Å². The number of rotatable bonds is 3. The van der Waals surface area contributed by atoms with E-state index in [-0.39, 0.29) is 25.0 Å². The lowest BCUT2D eigenvalue weighted by Crippen LogP contribution is -2.09. The average Bonchev–Trinajstić information content (AvgIpc) is 2.72. The molecule has 74 valence electrons. The predicted molar refractivity (Wildman–Crippen MR) is 46.0 cm³/mol. The smallest absolute Gasteiger partial charge is 0.334 e. The van der Waals surface area contributed by atoms with Gasteiger partial charge in [0.15, 0.2) is 11.8 Å². The Morgan fingerprint density at radius 1 is 0.929 bits per heavy atom. The molecule has 0 aliphatic carbocycles. The third kappa shape index (κ3) is 1.95. The molecule has 2 aliphatic rings. The number of ether oxygens (including phenoxy) is 2. The highest BCUT2D eigenvalue weighted by atomic mass is 16.6. The lowest BCUT2D eigenvalue weighted by atomic mass is 10.3. The van der Waals surface area contributed by atoms with Gasteiger partial charge in [0.2, 0.25) is 0 Å². The summed E-state index contributed by atoms with van der Waals surface area (Å²) in [7, 11) is 0. The van der Waals surface area contributed by atoms with E-state index in [2.05, 4.69) is 9.98 Å². The lowest BCUT2D eigenvalue weighted by Gasteiger charge is -1.99. The van der Waals surface area contributed by atoms with Crippen molar-refractivity contribution in [2.45, 2.75) is 12.8 Å². The van der Waals surface area contributed by atoms with Crippen molar-refractivity contribution in [3.8, 4) is 0 Å². The largest absolute Gasteiger partial charge is 0.411 e. The van der Waals surface area contributed by atoms with Crippen LogP contribution in [0.2, 0.25) is 0 Å². The van der Waals surface area contributed by atoms with Crippen LogP contribution in [-0.4, -0.2) is 36.8 Å². The van der Waals surface area contributed by atoms with Crippen LogP contribution in [0.25, 0.3) is 0 Å². The summed E-state index contributed by atoms with van der Waals surface area (Å²) in [5, 5.41) is 0. The van der Waals surface area contributed by atoms with Gasteiger partial charge in [-0.05, 0) is 0 Å². The van der Waals surface area contributed by atoms with E-state index in [9.17, 15) is 9.59 Å². The topological polar surface area (TPSA) is 77.3 Å². The first-order valence-corrected chi connectivity index (χ1v) is 4.22. The summed E-state index contributed by atoms with van der Waals surface area (Å²) in [6.45, 7) is 0.170. The van der Waals surface area contributed by atoms with Gasteiger partial charge in [-0.1, -0.05) is 0 Å². The molecular formula is C8H8N2O4. The van der Waals surface area contributed by atoms with Crippen LogP contribution in [0.1, 0.15) is 12.8 Å². The molecule has 0 bridgehead atoms. The maximum Gasteiger partial charge on any atom is 0.334 e. The molecule has 0 amide bonds. The first-order valence-electron chi connectivity index (χ1n) is 4.22. The molecule has 6 heteroatoms. The molecule has 0 atom stereocenters. The maximum absolute atomic E-state index is 10.6. The monoisotopic (exact) mass is 196 g/mol. The van der Waals surface area contributed by atoms with E-state index >= 15 is 0 Å². The van der Waals surface area contributed by atoms with Crippen LogP contribution in [0.3, 0.4) is 0 Å². The van der Waals surface area contributed by atoms with Crippen LogP contribution in [0.4, 0.5) is 0 Å². The molecule has 0 N–H and O–H groups in total. The Kier molecular flexibility index (Phi) is 2.26. The third-order valence-electron chi connectivity index (χ3n) is 1.79. The SMILES string of the molecule is O=C1CN=C(CCC2=NCC(=O)O2)O1. The van der Waals surface area contributed by atoms with Crippen molar-refractivity contribution in [2.75, 3.05) is 13.1 Å². The lowest BCUT2D eigenvalue weighted by molar-refractivity contribution is -0.133. The van der Waals surface area contributed by atoms with Crippen LogP contribution in [-0.2, 0) is 19.1 Å². The van der Waals surface area contributed by atoms with E-state index in [4.69, 9.17) is 9.47 Å². The number of aliphatic imine (C=N–C) groups is 2. The van der Waals surface area contributed by atoms with Crippen LogP contribution in [0, 0.1) is 0 Å². The fourth-order valence-electron chi connectivity index (χ4n) is 1.17. The zero-order chi connectivity index (χ0) is 9.97. The maximum atomic E-state index is 10.6. The van der Waals surface area contributed by atoms with E-state index < -0.39 is 0 Å². The number of carbonyl (C=O) groups is 2. The molecule has 2 aliphatic heterocycles. The van der Waals surface area contributed by atoms with Crippen molar-refractivity contribution in [2.24, 2.45) is 9.98 Å². The molecule has 0 aromatic heterocycles. The van der Waals surface area contributed by atoms with Gasteiger partial charge in [-0.3, -0.25) is 0 Å². The van der Waals surface area contributed by atoms with E-state index in [0.717, 1.165) is 0 Å². The predicted octanol–water partition coefficient (Wildman–Crippen LogP) is -0.323. The van der Waals surface area contributed by atoms with Gasteiger partial charge in [-0.2, -0.15) is 0 Å². The quantitative estimate of drug-likeness (QED) is 0.579. The Hall–Kier alpha value is -1.72. The van der Waals surface area contributed by atoms with Crippen molar-refractivity contribution in [1.82, 2.24) is 0 Å². The normalized spacial score (nSPS) is 20.3. The standard InChI is InChI=1S/C8H8N2O4/c11-7-3-9-5(13-7)1-2-6-10-4-8(12)14-6/h1-4H2. The summed E-state index contributed by atoms with van der Waals surface area (Å²) in [6, 6.07) is 0. The molecule has 14 heavy (non-hydrogen) atoms. The minimum Gasteiger partial charge on any atom is -0.411 e. The van der Waals surface area contributed by atoms with Crippen LogP contribution >= 0.6 is 0 Å². The highest BCUT2D eigenvalue weighted by Crippen LogP contribution is 2.07. The number of cyclic esters (lactones) is 2. The first kappa shape index (κ1) is 8.86. The van der Waals surface area contributed by atoms with Crippen LogP contribution in [0.15, 0.2) is 9.98 Å². The number of hydrogen-bond acceptors (Lipinski definition) is 6. The van der Waals surface area contributed by atoms with Gasteiger partial charge in [0.25, 0.3) is 0 Å². The molecule has 0 unspecified atom stereocenters. The minimum atomic E-state index is -0.342. The Balaban J connectivity index is 1.78. The molecule has 0 radical (unpaired) electrons. The molecule has 2 rings (SSSR count). The molecule has 6 nitrogen and oxygen atoms in total. The Morgan fingerprint density at radius 2 is 1.36 bits per heavy atom. The molecular weight excluding hydrogens is 188 g/mol. The highest BCUT2D eigenvalue weighted by Gasteiger charge is 2.20. The molecule has 0 aromatic rings. The van der Waals surface area contributed by atoms with Crippen molar-refractivity contribution in [1.29, 1.82) is 0 Å². The van der Waals surface area contributed by atoms with Crippen molar-refractivity contribution in [3.63, 3.8) is 0 Å². The number of esters is 2. The molecule has 0 fully saturated rings. The molecule has 0 aromatic carbocycles. The summed E-state index contributed by atoms with van der Waals surface area (Å²) >= 11 is 0. The van der Waals surface area contributed by atoms with Crippen molar-refractivity contribution in [3.05, 3.63) is 0 Å². The van der Waals surface area contributed by atoms with Crippen molar-refractivity contribution >= 4 is 23.7 Å². The first-order chi connectivity index (χ1) is 6.74. The van der Waals surface area contributed by atoms with E-state index in [1.54, 1.807) is 0 Å².